The van der Waals surface area contributed by atoms with Gasteiger partial charge >= 0.3 is 0 Å². The Labute approximate surface area is 142 Å². The van der Waals surface area contributed by atoms with Gasteiger partial charge in [0.25, 0.3) is 0 Å². The molecule has 0 aromatic carbocycles. The quantitative estimate of drug-likeness (QED) is 0.907. The molecular weight excluding hydrogens is 304 g/mol. The van der Waals surface area contributed by atoms with Crippen molar-refractivity contribution in [1.29, 1.82) is 0 Å². The molecule has 124 valence electrons. The van der Waals surface area contributed by atoms with Gasteiger partial charge in [-0.05, 0) is 37.7 Å². The SMILES string of the molecule is CC[NH+]1CCC(Nc2ncnc3sc4c(c23)CC[C@@H](C)C4)CC1. The van der Waals surface area contributed by atoms with Gasteiger partial charge in [0.1, 0.15) is 17.0 Å². The first kappa shape index (κ1) is 15.3. The van der Waals surface area contributed by atoms with Gasteiger partial charge in [-0.1, -0.05) is 6.92 Å². The van der Waals surface area contributed by atoms with Gasteiger partial charge in [0.2, 0.25) is 0 Å². The first-order valence-electron chi connectivity index (χ1n) is 9.10. The van der Waals surface area contributed by atoms with Crippen molar-refractivity contribution in [2.24, 2.45) is 5.92 Å². The van der Waals surface area contributed by atoms with Crippen LogP contribution in [0.25, 0.3) is 10.2 Å². The van der Waals surface area contributed by atoms with Crippen LogP contribution in [0.5, 0.6) is 0 Å². The van der Waals surface area contributed by atoms with E-state index in [1.165, 1.54) is 67.5 Å². The zero-order chi connectivity index (χ0) is 15.8. The Morgan fingerprint density at radius 3 is 2.87 bits per heavy atom. The summed E-state index contributed by atoms with van der Waals surface area (Å²) >= 11 is 1.89. The molecule has 5 heteroatoms. The first-order chi connectivity index (χ1) is 11.2. The van der Waals surface area contributed by atoms with Gasteiger partial charge in [-0.25, -0.2) is 9.97 Å². The second-order valence-electron chi connectivity index (χ2n) is 7.28. The van der Waals surface area contributed by atoms with E-state index in [2.05, 4.69) is 29.1 Å². The molecule has 2 aromatic heterocycles. The van der Waals surface area contributed by atoms with Crippen LogP contribution in [0.15, 0.2) is 6.33 Å². The highest BCUT2D eigenvalue weighted by Crippen LogP contribution is 2.39. The van der Waals surface area contributed by atoms with E-state index >= 15 is 0 Å². The fourth-order valence-electron chi connectivity index (χ4n) is 4.10. The summed E-state index contributed by atoms with van der Waals surface area (Å²) in [6.07, 6.45) is 7.94. The summed E-state index contributed by atoms with van der Waals surface area (Å²) in [5.41, 5.74) is 1.53. The Kier molecular flexibility index (Phi) is 4.24. The Hall–Kier alpha value is -1.20. The molecule has 2 aromatic rings. The van der Waals surface area contributed by atoms with Gasteiger partial charge < -0.3 is 10.2 Å². The molecule has 0 saturated carbocycles. The maximum Gasteiger partial charge on any atom is 0.138 e. The summed E-state index contributed by atoms with van der Waals surface area (Å²) in [4.78, 5) is 13.6. The fraction of sp³-hybridized carbons (Fsp3) is 0.667. The van der Waals surface area contributed by atoms with Crippen molar-refractivity contribution in [2.45, 2.75) is 52.0 Å². The van der Waals surface area contributed by atoms with E-state index in [4.69, 9.17) is 0 Å². The summed E-state index contributed by atoms with van der Waals surface area (Å²) < 4.78 is 0. The lowest BCUT2D eigenvalue weighted by Crippen LogP contribution is -3.13. The molecule has 4 nitrogen and oxygen atoms in total. The number of piperidine rings is 1. The minimum Gasteiger partial charge on any atom is -0.366 e. The zero-order valence-electron chi connectivity index (χ0n) is 14.2. The predicted octanol–water partition coefficient (Wildman–Crippen LogP) is 2.30. The molecule has 4 rings (SSSR count). The van der Waals surface area contributed by atoms with Crippen molar-refractivity contribution in [2.75, 3.05) is 25.0 Å². The maximum absolute atomic E-state index is 4.62. The number of aromatic nitrogens is 2. The lowest BCUT2D eigenvalue weighted by molar-refractivity contribution is -0.903. The lowest BCUT2D eigenvalue weighted by atomic mass is 9.89. The largest absolute Gasteiger partial charge is 0.366 e. The minimum atomic E-state index is 0.571. The number of thiophene rings is 1. The Morgan fingerprint density at radius 1 is 1.26 bits per heavy atom. The molecular formula is C18H27N4S+. The number of fused-ring (bicyclic) bond motifs is 3. The summed E-state index contributed by atoms with van der Waals surface area (Å²) in [6.45, 7) is 8.46. The molecule has 3 heterocycles. The number of hydrogen-bond donors (Lipinski definition) is 2. The number of aryl methyl sites for hydroxylation is 1. The number of anilines is 1. The highest BCUT2D eigenvalue weighted by molar-refractivity contribution is 7.19. The molecule has 0 unspecified atom stereocenters. The van der Waals surface area contributed by atoms with Crippen LogP contribution in [-0.2, 0) is 12.8 Å². The molecule has 1 saturated heterocycles. The number of hydrogen-bond acceptors (Lipinski definition) is 4. The summed E-state index contributed by atoms with van der Waals surface area (Å²) in [5.74, 6) is 1.90. The smallest absolute Gasteiger partial charge is 0.138 e. The van der Waals surface area contributed by atoms with E-state index in [9.17, 15) is 0 Å². The second kappa shape index (κ2) is 6.36. The predicted molar refractivity (Wildman–Crippen MR) is 96.5 cm³/mol. The average Bonchev–Trinajstić information content (AvgIpc) is 2.94. The van der Waals surface area contributed by atoms with Crippen LogP contribution >= 0.6 is 11.3 Å². The van der Waals surface area contributed by atoms with E-state index < -0.39 is 0 Å². The van der Waals surface area contributed by atoms with Gasteiger partial charge in [-0.15, -0.1) is 11.3 Å². The molecule has 1 aliphatic carbocycles. The van der Waals surface area contributed by atoms with E-state index in [-0.39, 0.29) is 0 Å². The van der Waals surface area contributed by atoms with Crippen molar-refractivity contribution in [3.8, 4) is 0 Å². The lowest BCUT2D eigenvalue weighted by Gasteiger charge is -2.29. The van der Waals surface area contributed by atoms with Crippen molar-refractivity contribution in [3.05, 3.63) is 16.8 Å². The third kappa shape index (κ3) is 2.96. The molecule has 1 aliphatic heterocycles. The van der Waals surface area contributed by atoms with Crippen molar-refractivity contribution in [3.63, 3.8) is 0 Å². The van der Waals surface area contributed by atoms with Crippen molar-refractivity contribution < 1.29 is 4.90 Å². The van der Waals surface area contributed by atoms with Gasteiger partial charge in [0, 0.05) is 23.8 Å². The summed E-state index contributed by atoms with van der Waals surface area (Å²) in [5, 5.41) is 5.08. The van der Waals surface area contributed by atoms with Gasteiger partial charge in [-0.2, -0.15) is 0 Å². The van der Waals surface area contributed by atoms with Crippen LogP contribution in [0, 0.1) is 5.92 Å². The third-order valence-corrected chi connectivity index (χ3v) is 6.79. The van der Waals surface area contributed by atoms with Gasteiger partial charge in [-0.3, -0.25) is 0 Å². The van der Waals surface area contributed by atoms with E-state index in [0.29, 0.717) is 6.04 Å². The minimum absolute atomic E-state index is 0.571. The molecule has 0 bridgehead atoms. The fourth-order valence-corrected chi connectivity index (χ4v) is 5.45. The van der Waals surface area contributed by atoms with E-state index in [0.717, 1.165) is 11.7 Å². The van der Waals surface area contributed by atoms with Crippen LogP contribution in [-0.4, -0.2) is 35.6 Å². The molecule has 0 amide bonds. The normalized spacial score (nSPS) is 27.8. The summed E-state index contributed by atoms with van der Waals surface area (Å²) in [6, 6.07) is 0.571. The van der Waals surface area contributed by atoms with E-state index in [1.807, 2.05) is 11.3 Å². The van der Waals surface area contributed by atoms with Crippen LogP contribution in [0.4, 0.5) is 5.82 Å². The molecule has 2 aliphatic rings. The van der Waals surface area contributed by atoms with Crippen LogP contribution < -0.4 is 10.2 Å². The van der Waals surface area contributed by atoms with Crippen LogP contribution in [0.1, 0.15) is 43.6 Å². The average molecular weight is 332 g/mol. The number of likely N-dealkylation sites (tertiary alicyclic amines) is 1. The number of quaternary nitrogens is 1. The van der Waals surface area contributed by atoms with Crippen molar-refractivity contribution >= 4 is 27.4 Å². The molecule has 1 atom stereocenters. The van der Waals surface area contributed by atoms with Crippen LogP contribution in [0.3, 0.4) is 0 Å². The monoisotopic (exact) mass is 331 g/mol. The van der Waals surface area contributed by atoms with Crippen molar-refractivity contribution in [1.82, 2.24) is 9.97 Å². The van der Waals surface area contributed by atoms with Gasteiger partial charge in [0.15, 0.2) is 0 Å². The number of rotatable bonds is 3. The third-order valence-electron chi connectivity index (χ3n) is 5.63. The Balaban J connectivity index is 1.60. The zero-order valence-corrected chi connectivity index (χ0v) is 15.0. The standard InChI is InChI=1S/C18H26N4S/c1-3-22-8-6-13(7-9-22)21-17-16-14-5-4-12(2)10-15(14)23-18(16)20-11-19-17/h11-13H,3-10H2,1-2H3,(H,19,20,21)/p+1/t12-/m1/s1. The number of nitrogens with one attached hydrogen (secondary N) is 2. The topological polar surface area (TPSA) is 42.2 Å². The van der Waals surface area contributed by atoms with Gasteiger partial charge in [0.05, 0.1) is 25.0 Å². The second-order valence-corrected chi connectivity index (χ2v) is 8.36. The molecule has 2 N–H and O–H groups in total. The number of nitrogens with zero attached hydrogens (tertiary/aromatic N) is 2. The molecule has 1 fully saturated rings. The summed E-state index contributed by atoms with van der Waals surface area (Å²) in [7, 11) is 0. The van der Waals surface area contributed by atoms with Crippen LogP contribution in [0.2, 0.25) is 0 Å². The molecule has 0 radical (unpaired) electrons. The molecule has 0 spiro atoms. The highest BCUT2D eigenvalue weighted by atomic mass is 32.1. The Bertz CT molecular complexity index is 688. The highest BCUT2D eigenvalue weighted by Gasteiger charge is 2.25. The molecule has 23 heavy (non-hydrogen) atoms. The first-order valence-corrected chi connectivity index (χ1v) is 9.91. The van der Waals surface area contributed by atoms with E-state index in [1.54, 1.807) is 16.1 Å². The maximum atomic E-state index is 4.62. The Morgan fingerprint density at radius 2 is 2.09 bits per heavy atom.